The van der Waals surface area contributed by atoms with Crippen molar-refractivity contribution in [2.45, 2.75) is 26.9 Å². The molecule has 0 spiro atoms. The number of hydrogen-bond acceptors (Lipinski definition) is 3. The summed E-state index contributed by atoms with van der Waals surface area (Å²) in [6.07, 6.45) is 0. The van der Waals surface area contributed by atoms with Crippen molar-refractivity contribution in [3.8, 4) is 6.07 Å². The van der Waals surface area contributed by atoms with Crippen molar-refractivity contribution in [3.63, 3.8) is 0 Å². The Morgan fingerprint density at radius 1 is 1.09 bits per heavy atom. The topological polar surface area (TPSA) is 39.1 Å². The molecule has 2 rings (SSSR count). The SMILES string of the molecule is CCN(CC)Cc1cccc(CNc2ccc(F)cc2C#N)c1. The molecule has 23 heavy (non-hydrogen) atoms. The molecule has 0 saturated heterocycles. The van der Waals surface area contributed by atoms with Crippen LogP contribution in [-0.4, -0.2) is 18.0 Å². The van der Waals surface area contributed by atoms with Crippen molar-refractivity contribution in [3.05, 3.63) is 65.0 Å². The Bertz CT molecular complexity index is 687. The minimum Gasteiger partial charge on any atom is -0.380 e. The number of anilines is 1. The van der Waals surface area contributed by atoms with E-state index in [1.54, 1.807) is 6.07 Å². The van der Waals surface area contributed by atoms with Crippen molar-refractivity contribution in [1.29, 1.82) is 5.26 Å². The van der Waals surface area contributed by atoms with Gasteiger partial charge in [0.15, 0.2) is 0 Å². The second kappa shape index (κ2) is 8.30. The second-order valence-electron chi connectivity index (χ2n) is 5.44. The number of nitrogens with zero attached hydrogens (tertiary/aromatic N) is 2. The van der Waals surface area contributed by atoms with Crippen LogP contribution in [0.3, 0.4) is 0 Å². The first-order valence-electron chi connectivity index (χ1n) is 7.90. The Kier molecular flexibility index (Phi) is 6.13. The summed E-state index contributed by atoms with van der Waals surface area (Å²) in [6.45, 7) is 7.91. The largest absolute Gasteiger partial charge is 0.380 e. The Balaban J connectivity index is 2.05. The molecular weight excluding hydrogens is 289 g/mol. The average Bonchev–Trinajstić information content (AvgIpc) is 2.58. The Labute approximate surface area is 137 Å². The lowest BCUT2D eigenvalue weighted by Gasteiger charge is -2.18. The number of rotatable bonds is 7. The fourth-order valence-corrected chi connectivity index (χ4v) is 2.50. The first kappa shape index (κ1) is 17.0. The number of nitrogens with one attached hydrogen (secondary N) is 1. The number of nitriles is 1. The molecule has 0 radical (unpaired) electrons. The zero-order valence-corrected chi connectivity index (χ0v) is 13.6. The third-order valence-electron chi connectivity index (χ3n) is 3.88. The third-order valence-corrected chi connectivity index (χ3v) is 3.88. The summed E-state index contributed by atoms with van der Waals surface area (Å²) in [5.74, 6) is -0.395. The Morgan fingerprint density at radius 2 is 1.83 bits per heavy atom. The first-order valence-corrected chi connectivity index (χ1v) is 7.90. The average molecular weight is 311 g/mol. The van der Waals surface area contributed by atoms with Gasteiger partial charge in [0.05, 0.1) is 11.3 Å². The summed E-state index contributed by atoms with van der Waals surface area (Å²) < 4.78 is 13.2. The maximum Gasteiger partial charge on any atom is 0.124 e. The minimum atomic E-state index is -0.395. The quantitative estimate of drug-likeness (QED) is 0.835. The summed E-state index contributed by atoms with van der Waals surface area (Å²) in [5, 5.41) is 12.3. The monoisotopic (exact) mass is 311 g/mol. The lowest BCUT2D eigenvalue weighted by Crippen LogP contribution is -2.22. The molecule has 0 fully saturated rings. The van der Waals surface area contributed by atoms with Gasteiger partial charge >= 0.3 is 0 Å². The standard InChI is InChI=1S/C19H22FN3/c1-3-23(4-2)14-16-7-5-6-15(10-16)13-22-19-9-8-18(20)11-17(19)12-21/h5-11,22H,3-4,13-14H2,1-2H3. The van der Waals surface area contributed by atoms with Gasteiger partial charge in [-0.2, -0.15) is 5.26 Å². The molecular formula is C19H22FN3. The van der Waals surface area contributed by atoms with E-state index >= 15 is 0 Å². The van der Waals surface area contributed by atoms with Crippen LogP contribution >= 0.6 is 0 Å². The van der Waals surface area contributed by atoms with E-state index in [4.69, 9.17) is 5.26 Å². The van der Waals surface area contributed by atoms with Crippen LogP contribution in [0.2, 0.25) is 0 Å². The number of benzene rings is 2. The molecule has 0 saturated carbocycles. The van der Waals surface area contributed by atoms with Crippen molar-refractivity contribution in [1.82, 2.24) is 4.90 Å². The van der Waals surface area contributed by atoms with Gasteiger partial charge < -0.3 is 5.32 Å². The van der Waals surface area contributed by atoms with E-state index in [1.165, 1.54) is 17.7 Å². The molecule has 4 heteroatoms. The Hall–Kier alpha value is -2.38. The van der Waals surface area contributed by atoms with Crippen LogP contribution in [0, 0.1) is 17.1 Å². The highest BCUT2D eigenvalue weighted by molar-refractivity contribution is 5.57. The summed E-state index contributed by atoms with van der Waals surface area (Å²) in [5.41, 5.74) is 3.39. The van der Waals surface area contributed by atoms with Crippen LogP contribution in [0.5, 0.6) is 0 Å². The van der Waals surface area contributed by atoms with E-state index in [-0.39, 0.29) is 0 Å². The lowest BCUT2D eigenvalue weighted by atomic mass is 10.1. The molecule has 0 heterocycles. The molecule has 2 aromatic rings. The molecule has 0 atom stereocenters. The van der Waals surface area contributed by atoms with E-state index in [9.17, 15) is 4.39 Å². The van der Waals surface area contributed by atoms with Gasteiger partial charge in [-0.15, -0.1) is 0 Å². The molecule has 0 unspecified atom stereocenters. The van der Waals surface area contributed by atoms with Gasteiger partial charge in [-0.05, 0) is 42.4 Å². The molecule has 0 aliphatic heterocycles. The van der Waals surface area contributed by atoms with E-state index < -0.39 is 5.82 Å². The highest BCUT2D eigenvalue weighted by Crippen LogP contribution is 2.17. The van der Waals surface area contributed by atoms with Crippen LogP contribution in [0.1, 0.15) is 30.5 Å². The summed E-state index contributed by atoms with van der Waals surface area (Å²) in [6, 6.07) is 14.6. The van der Waals surface area contributed by atoms with Crippen LogP contribution < -0.4 is 5.32 Å². The zero-order chi connectivity index (χ0) is 16.7. The number of halogens is 1. The van der Waals surface area contributed by atoms with Crippen molar-refractivity contribution >= 4 is 5.69 Å². The van der Waals surface area contributed by atoms with Crippen molar-refractivity contribution in [2.75, 3.05) is 18.4 Å². The maximum absolute atomic E-state index is 13.2. The normalized spacial score (nSPS) is 10.6. The molecule has 0 bridgehead atoms. The van der Waals surface area contributed by atoms with Gasteiger partial charge in [-0.1, -0.05) is 38.1 Å². The highest BCUT2D eigenvalue weighted by atomic mass is 19.1. The summed E-state index contributed by atoms with van der Waals surface area (Å²) in [7, 11) is 0. The number of hydrogen-bond donors (Lipinski definition) is 1. The van der Waals surface area contributed by atoms with E-state index in [0.29, 0.717) is 17.8 Å². The summed E-state index contributed by atoms with van der Waals surface area (Å²) >= 11 is 0. The predicted octanol–water partition coefficient (Wildman–Crippen LogP) is 4.15. The molecule has 3 nitrogen and oxygen atoms in total. The highest BCUT2D eigenvalue weighted by Gasteiger charge is 2.05. The van der Waals surface area contributed by atoms with E-state index in [1.807, 2.05) is 18.2 Å². The molecule has 0 aromatic heterocycles. The molecule has 120 valence electrons. The van der Waals surface area contributed by atoms with Crippen LogP contribution in [-0.2, 0) is 13.1 Å². The smallest absolute Gasteiger partial charge is 0.124 e. The van der Waals surface area contributed by atoms with Gasteiger partial charge in [-0.3, -0.25) is 4.90 Å². The van der Waals surface area contributed by atoms with Crippen LogP contribution in [0.4, 0.5) is 10.1 Å². The fraction of sp³-hybridized carbons (Fsp3) is 0.316. The first-order chi connectivity index (χ1) is 11.2. The van der Waals surface area contributed by atoms with E-state index in [0.717, 1.165) is 25.2 Å². The van der Waals surface area contributed by atoms with E-state index in [2.05, 4.69) is 36.2 Å². The second-order valence-corrected chi connectivity index (χ2v) is 5.44. The molecule has 1 N–H and O–H groups in total. The van der Waals surface area contributed by atoms with Gasteiger partial charge in [0.2, 0.25) is 0 Å². The molecule has 0 aliphatic rings. The van der Waals surface area contributed by atoms with Crippen molar-refractivity contribution < 1.29 is 4.39 Å². The van der Waals surface area contributed by atoms with Gasteiger partial charge in [0.1, 0.15) is 11.9 Å². The van der Waals surface area contributed by atoms with Crippen molar-refractivity contribution in [2.24, 2.45) is 0 Å². The van der Waals surface area contributed by atoms with Crippen LogP contribution in [0.25, 0.3) is 0 Å². The zero-order valence-electron chi connectivity index (χ0n) is 13.6. The minimum absolute atomic E-state index is 0.323. The predicted molar refractivity (Wildman–Crippen MR) is 91.5 cm³/mol. The maximum atomic E-state index is 13.2. The lowest BCUT2D eigenvalue weighted by molar-refractivity contribution is 0.296. The van der Waals surface area contributed by atoms with Gasteiger partial charge in [0.25, 0.3) is 0 Å². The fourth-order valence-electron chi connectivity index (χ4n) is 2.50. The summed E-state index contributed by atoms with van der Waals surface area (Å²) in [4.78, 5) is 2.36. The van der Waals surface area contributed by atoms with Gasteiger partial charge in [-0.25, -0.2) is 4.39 Å². The molecule has 2 aromatic carbocycles. The van der Waals surface area contributed by atoms with Crippen LogP contribution in [0.15, 0.2) is 42.5 Å². The molecule has 0 amide bonds. The Morgan fingerprint density at radius 3 is 2.52 bits per heavy atom. The third kappa shape index (κ3) is 4.80. The molecule has 0 aliphatic carbocycles. The van der Waals surface area contributed by atoms with Gasteiger partial charge in [0, 0.05) is 13.1 Å².